The fraction of sp³-hybridized carbons (Fsp3) is 0.529. The summed E-state index contributed by atoms with van der Waals surface area (Å²) in [5.74, 6) is 0.0285. The van der Waals surface area contributed by atoms with Gasteiger partial charge in [0.1, 0.15) is 0 Å². The number of primary amides is 1. The third kappa shape index (κ3) is 3.30. The van der Waals surface area contributed by atoms with Gasteiger partial charge in [-0.2, -0.15) is 0 Å². The van der Waals surface area contributed by atoms with Crippen molar-refractivity contribution in [3.63, 3.8) is 0 Å². The number of nitrogens with zero attached hydrogens (tertiary/aromatic N) is 1. The van der Waals surface area contributed by atoms with E-state index in [0.717, 1.165) is 45.4 Å². The standard InChI is InChI=1S/C17H23N3O2/c18-17(22)14-5-8-19(9-6-14)12-16(21)20-10-7-13-3-1-2-4-15(13)11-20/h1-4,14H,5-12H2,(H2,18,22)/p+1. The average Bonchev–Trinajstić information content (AvgIpc) is 2.55. The molecule has 3 N–H and O–H groups in total. The van der Waals surface area contributed by atoms with Crippen LogP contribution in [0.25, 0.3) is 0 Å². The molecule has 3 rings (SSSR count). The molecular weight excluding hydrogens is 278 g/mol. The molecule has 22 heavy (non-hydrogen) atoms. The van der Waals surface area contributed by atoms with Gasteiger partial charge in [0, 0.05) is 31.8 Å². The SMILES string of the molecule is NC(=O)C1CC[NH+](CC(=O)N2CCc3ccccc3C2)CC1. The molecule has 1 saturated heterocycles. The summed E-state index contributed by atoms with van der Waals surface area (Å²) in [5.41, 5.74) is 7.98. The molecule has 5 heteroatoms. The van der Waals surface area contributed by atoms with E-state index < -0.39 is 0 Å². The third-order valence-electron chi connectivity index (χ3n) is 4.98. The molecule has 0 unspecified atom stereocenters. The molecule has 0 bridgehead atoms. The van der Waals surface area contributed by atoms with Gasteiger partial charge in [0.15, 0.2) is 6.54 Å². The van der Waals surface area contributed by atoms with Crippen LogP contribution in [0.4, 0.5) is 0 Å². The van der Waals surface area contributed by atoms with E-state index in [2.05, 4.69) is 18.2 Å². The van der Waals surface area contributed by atoms with Gasteiger partial charge in [0.2, 0.25) is 5.91 Å². The zero-order chi connectivity index (χ0) is 15.5. The van der Waals surface area contributed by atoms with Crippen LogP contribution in [0.2, 0.25) is 0 Å². The zero-order valence-corrected chi connectivity index (χ0v) is 12.9. The van der Waals surface area contributed by atoms with Gasteiger partial charge in [-0.3, -0.25) is 9.59 Å². The molecule has 118 valence electrons. The monoisotopic (exact) mass is 302 g/mol. The Morgan fingerprint density at radius 1 is 1.18 bits per heavy atom. The quantitative estimate of drug-likeness (QED) is 0.779. The first-order valence-corrected chi connectivity index (χ1v) is 8.11. The molecule has 5 nitrogen and oxygen atoms in total. The van der Waals surface area contributed by atoms with Crippen molar-refractivity contribution in [2.45, 2.75) is 25.8 Å². The Kier molecular flexibility index (Phi) is 4.43. The number of fused-ring (bicyclic) bond motifs is 1. The van der Waals surface area contributed by atoms with Crippen LogP contribution in [0, 0.1) is 5.92 Å². The average molecular weight is 302 g/mol. The number of carbonyl (C=O) groups excluding carboxylic acids is 2. The summed E-state index contributed by atoms with van der Waals surface area (Å²) in [6.07, 6.45) is 2.56. The van der Waals surface area contributed by atoms with Gasteiger partial charge in [-0.15, -0.1) is 0 Å². The summed E-state index contributed by atoms with van der Waals surface area (Å²) >= 11 is 0. The van der Waals surface area contributed by atoms with E-state index in [0.29, 0.717) is 6.54 Å². The lowest BCUT2D eigenvalue weighted by Crippen LogP contribution is -3.14. The third-order valence-corrected chi connectivity index (χ3v) is 4.98. The lowest BCUT2D eigenvalue weighted by Gasteiger charge is -2.32. The number of piperidine rings is 1. The Labute approximate surface area is 131 Å². The summed E-state index contributed by atoms with van der Waals surface area (Å²) in [6, 6.07) is 8.35. The summed E-state index contributed by atoms with van der Waals surface area (Å²) < 4.78 is 0. The van der Waals surface area contributed by atoms with Gasteiger partial charge in [-0.05, 0) is 17.5 Å². The summed E-state index contributed by atoms with van der Waals surface area (Å²) in [4.78, 5) is 26.9. The van der Waals surface area contributed by atoms with Crippen LogP contribution in [-0.4, -0.2) is 42.9 Å². The molecule has 0 aromatic heterocycles. The van der Waals surface area contributed by atoms with Crippen LogP contribution in [0.15, 0.2) is 24.3 Å². The topological polar surface area (TPSA) is 67.8 Å². The second-order valence-corrected chi connectivity index (χ2v) is 6.44. The Hall–Kier alpha value is -1.88. The molecule has 1 aromatic carbocycles. The minimum absolute atomic E-state index is 0.000663. The molecule has 1 aromatic rings. The molecule has 0 saturated carbocycles. The highest BCUT2D eigenvalue weighted by Gasteiger charge is 2.29. The summed E-state index contributed by atoms with van der Waals surface area (Å²) in [5, 5.41) is 0. The minimum Gasteiger partial charge on any atom is -0.369 e. The fourth-order valence-corrected chi connectivity index (χ4v) is 3.52. The predicted molar refractivity (Wildman–Crippen MR) is 83.0 cm³/mol. The molecule has 1 fully saturated rings. The van der Waals surface area contributed by atoms with E-state index in [1.165, 1.54) is 16.0 Å². The van der Waals surface area contributed by atoms with Crippen LogP contribution >= 0.6 is 0 Å². The van der Waals surface area contributed by atoms with Crippen LogP contribution in [-0.2, 0) is 22.6 Å². The van der Waals surface area contributed by atoms with Crippen molar-refractivity contribution in [1.29, 1.82) is 0 Å². The van der Waals surface area contributed by atoms with E-state index in [4.69, 9.17) is 5.73 Å². The number of rotatable bonds is 3. The molecule has 2 aliphatic rings. The van der Waals surface area contributed by atoms with Gasteiger partial charge in [0.25, 0.3) is 5.91 Å². The van der Waals surface area contributed by atoms with Gasteiger partial charge in [-0.1, -0.05) is 24.3 Å². The summed E-state index contributed by atoms with van der Waals surface area (Å²) in [6.45, 7) is 3.81. The molecule has 2 heterocycles. The highest BCUT2D eigenvalue weighted by molar-refractivity contribution is 5.78. The summed E-state index contributed by atoms with van der Waals surface area (Å²) in [7, 11) is 0. The second-order valence-electron chi connectivity index (χ2n) is 6.44. The van der Waals surface area contributed by atoms with Crippen molar-refractivity contribution in [2.75, 3.05) is 26.2 Å². The van der Waals surface area contributed by atoms with E-state index in [1.54, 1.807) is 0 Å². The highest BCUT2D eigenvalue weighted by atomic mass is 16.2. The van der Waals surface area contributed by atoms with Crippen LogP contribution in [0.5, 0.6) is 0 Å². The fourth-order valence-electron chi connectivity index (χ4n) is 3.52. The Balaban J connectivity index is 1.52. The lowest BCUT2D eigenvalue weighted by atomic mass is 9.96. The number of hydrogen-bond donors (Lipinski definition) is 2. The van der Waals surface area contributed by atoms with Gasteiger partial charge in [0.05, 0.1) is 13.1 Å². The van der Waals surface area contributed by atoms with Crippen molar-refractivity contribution in [2.24, 2.45) is 11.7 Å². The minimum atomic E-state index is -0.196. The van der Waals surface area contributed by atoms with Crippen molar-refractivity contribution in [1.82, 2.24) is 4.90 Å². The maximum atomic E-state index is 12.5. The number of nitrogens with two attached hydrogens (primary N) is 1. The first-order valence-electron chi connectivity index (χ1n) is 8.11. The number of carbonyl (C=O) groups is 2. The van der Waals surface area contributed by atoms with Crippen molar-refractivity contribution in [3.05, 3.63) is 35.4 Å². The molecule has 0 aliphatic carbocycles. The normalized spacial score (nSPS) is 24.6. The molecule has 2 aliphatic heterocycles. The van der Waals surface area contributed by atoms with E-state index >= 15 is 0 Å². The molecule has 0 atom stereocenters. The highest BCUT2D eigenvalue weighted by Crippen LogP contribution is 2.18. The van der Waals surface area contributed by atoms with Crippen molar-refractivity contribution < 1.29 is 14.5 Å². The maximum Gasteiger partial charge on any atom is 0.278 e. The number of amides is 2. The molecule has 2 amide bonds. The van der Waals surface area contributed by atoms with Gasteiger partial charge >= 0.3 is 0 Å². The van der Waals surface area contributed by atoms with Gasteiger partial charge < -0.3 is 15.5 Å². The van der Waals surface area contributed by atoms with Crippen LogP contribution in [0.3, 0.4) is 0 Å². The number of quaternary nitrogens is 1. The molecule has 0 spiro atoms. The number of nitrogens with one attached hydrogen (secondary N) is 1. The number of hydrogen-bond acceptors (Lipinski definition) is 2. The van der Waals surface area contributed by atoms with Crippen LogP contribution in [0.1, 0.15) is 24.0 Å². The molecule has 0 radical (unpaired) electrons. The second kappa shape index (κ2) is 6.48. The smallest absolute Gasteiger partial charge is 0.278 e. The van der Waals surface area contributed by atoms with Gasteiger partial charge in [-0.25, -0.2) is 0 Å². The van der Waals surface area contributed by atoms with E-state index in [9.17, 15) is 9.59 Å². The Morgan fingerprint density at radius 2 is 1.86 bits per heavy atom. The van der Waals surface area contributed by atoms with Crippen LogP contribution < -0.4 is 10.6 Å². The number of likely N-dealkylation sites (tertiary alicyclic amines) is 1. The number of benzene rings is 1. The largest absolute Gasteiger partial charge is 0.369 e. The first-order chi connectivity index (χ1) is 10.6. The predicted octanol–water partition coefficient (Wildman–Crippen LogP) is -0.648. The first kappa shape index (κ1) is 15.0. The van der Waals surface area contributed by atoms with E-state index in [-0.39, 0.29) is 17.7 Å². The lowest BCUT2D eigenvalue weighted by molar-refractivity contribution is -0.898. The Bertz CT molecular complexity index is 565. The van der Waals surface area contributed by atoms with E-state index in [1.807, 2.05) is 11.0 Å². The maximum absolute atomic E-state index is 12.5. The molecular formula is C17H24N3O2+. The van der Waals surface area contributed by atoms with Crippen molar-refractivity contribution >= 4 is 11.8 Å². The zero-order valence-electron chi connectivity index (χ0n) is 12.9. The Morgan fingerprint density at radius 3 is 2.55 bits per heavy atom. The van der Waals surface area contributed by atoms with Crippen molar-refractivity contribution in [3.8, 4) is 0 Å².